The van der Waals surface area contributed by atoms with Gasteiger partial charge in [0.25, 0.3) is 0 Å². The van der Waals surface area contributed by atoms with Gasteiger partial charge in [-0.15, -0.1) is 0 Å². The Kier molecular flexibility index (Phi) is 13.1. The third-order valence-electron chi connectivity index (χ3n) is 8.08. The molecule has 0 bridgehead atoms. The number of carbonyl (C=O) groups is 2. The second-order valence-electron chi connectivity index (χ2n) is 11.8. The van der Waals surface area contributed by atoms with E-state index in [9.17, 15) is 18.0 Å². The number of Topliss-reactive ketones (excluding diaryl/α,β-unsaturated/α-hetero) is 1. The van der Waals surface area contributed by atoms with Gasteiger partial charge in [-0.05, 0) is 62.0 Å². The zero-order chi connectivity index (χ0) is 30.7. The Hall–Kier alpha value is -2.70. The molecule has 2 heterocycles. The van der Waals surface area contributed by atoms with E-state index < -0.39 is 21.8 Å². The van der Waals surface area contributed by atoms with Crippen LogP contribution in [-0.4, -0.2) is 89.3 Å². The van der Waals surface area contributed by atoms with Gasteiger partial charge in [0.2, 0.25) is 5.91 Å². The molecule has 12 heteroatoms. The lowest BCUT2D eigenvalue weighted by atomic mass is 9.87. The van der Waals surface area contributed by atoms with Crippen molar-refractivity contribution in [2.45, 2.75) is 69.7 Å². The topological polar surface area (TPSA) is 166 Å². The molecule has 1 aromatic rings. The number of benzene rings is 1. The predicted molar refractivity (Wildman–Crippen MR) is 164 cm³/mol. The van der Waals surface area contributed by atoms with Gasteiger partial charge in [0.05, 0.1) is 41.5 Å². The molecule has 1 fully saturated rings. The number of likely N-dealkylation sites (tertiary alicyclic amines) is 1. The molecular formula is C30H49N5O6S. The van der Waals surface area contributed by atoms with E-state index in [0.29, 0.717) is 70.2 Å². The highest BCUT2D eigenvalue weighted by atomic mass is 32.2. The second kappa shape index (κ2) is 16.2. The van der Waals surface area contributed by atoms with Crippen molar-refractivity contribution in [3.63, 3.8) is 0 Å². The van der Waals surface area contributed by atoms with Crippen molar-refractivity contribution >= 4 is 33.2 Å². The van der Waals surface area contributed by atoms with Crippen LogP contribution in [0, 0.1) is 17.8 Å². The van der Waals surface area contributed by atoms with Crippen LogP contribution in [0.15, 0.2) is 28.1 Å². The summed E-state index contributed by atoms with van der Waals surface area (Å²) in [7, 11) is -2.23. The fourth-order valence-corrected chi connectivity index (χ4v) is 7.63. The van der Waals surface area contributed by atoms with Crippen LogP contribution in [0.5, 0.6) is 0 Å². The van der Waals surface area contributed by atoms with Crippen LogP contribution in [0.25, 0.3) is 0 Å². The van der Waals surface area contributed by atoms with E-state index in [4.69, 9.17) is 20.9 Å². The number of aliphatic imine (C=N–C) groups is 1. The Morgan fingerprint density at radius 2 is 1.93 bits per heavy atom. The molecule has 2 aliphatic rings. The largest absolute Gasteiger partial charge is 0.383 e. The molecule has 0 aliphatic carbocycles. The van der Waals surface area contributed by atoms with Gasteiger partial charge in [-0.25, -0.2) is 8.42 Å². The predicted octanol–water partition coefficient (Wildman–Crippen LogP) is 2.37. The van der Waals surface area contributed by atoms with Crippen molar-refractivity contribution in [3.8, 4) is 0 Å². The van der Waals surface area contributed by atoms with Gasteiger partial charge in [0.1, 0.15) is 0 Å². The Balaban J connectivity index is 1.80. The molecule has 0 aromatic heterocycles. The molecule has 11 nitrogen and oxygen atoms in total. The van der Waals surface area contributed by atoms with Gasteiger partial charge in [0.15, 0.2) is 21.6 Å². The first kappa shape index (κ1) is 33.8. The number of nitrogens with two attached hydrogens (primary N) is 2. The summed E-state index contributed by atoms with van der Waals surface area (Å²) < 4.78 is 38.2. The SMILES string of the molecule is COCCOCCCC(=O)C1CC(C)CCN1C(=O)C(CCCN=C(N)N)CS(=O)(=O)c1cccc2c1NCC(C)C2. The Bertz CT molecular complexity index is 1190. The van der Waals surface area contributed by atoms with Gasteiger partial charge in [-0.2, -0.15) is 0 Å². The highest BCUT2D eigenvalue weighted by Crippen LogP contribution is 2.34. The molecule has 5 N–H and O–H groups in total. The van der Waals surface area contributed by atoms with E-state index in [1.54, 1.807) is 24.1 Å². The highest BCUT2D eigenvalue weighted by Gasteiger charge is 2.39. The number of nitrogens with zero attached hydrogens (tertiary/aromatic N) is 2. The van der Waals surface area contributed by atoms with Crippen LogP contribution in [0.3, 0.4) is 0 Å². The number of sulfone groups is 1. The van der Waals surface area contributed by atoms with Crippen LogP contribution < -0.4 is 16.8 Å². The van der Waals surface area contributed by atoms with Crippen molar-refractivity contribution in [1.82, 2.24) is 4.90 Å². The zero-order valence-electron chi connectivity index (χ0n) is 25.3. The number of ketones is 1. The maximum absolute atomic E-state index is 14.1. The van der Waals surface area contributed by atoms with Gasteiger partial charge >= 0.3 is 0 Å². The number of rotatable bonds is 16. The van der Waals surface area contributed by atoms with E-state index in [1.165, 1.54) is 0 Å². The summed E-state index contributed by atoms with van der Waals surface area (Å²) in [6, 6.07) is 4.75. The first-order chi connectivity index (χ1) is 20.0. The van der Waals surface area contributed by atoms with Crippen molar-refractivity contribution in [3.05, 3.63) is 23.8 Å². The number of guanidine groups is 1. The molecule has 42 heavy (non-hydrogen) atoms. The maximum Gasteiger partial charge on any atom is 0.227 e. The quantitative estimate of drug-likeness (QED) is 0.145. The number of piperidine rings is 1. The molecular weight excluding hydrogens is 558 g/mol. The third kappa shape index (κ3) is 9.67. The molecule has 1 aromatic carbocycles. The monoisotopic (exact) mass is 607 g/mol. The highest BCUT2D eigenvalue weighted by molar-refractivity contribution is 7.91. The lowest BCUT2D eigenvalue weighted by molar-refractivity contribution is -0.145. The molecule has 0 saturated carbocycles. The lowest BCUT2D eigenvalue weighted by Crippen LogP contribution is -2.52. The summed E-state index contributed by atoms with van der Waals surface area (Å²) >= 11 is 0. The average molecular weight is 608 g/mol. The number of methoxy groups -OCH3 is 1. The average Bonchev–Trinajstić information content (AvgIpc) is 2.95. The summed E-state index contributed by atoms with van der Waals surface area (Å²) in [4.78, 5) is 33.3. The van der Waals surface area contributed by atoms with E-state index in [-0.39, 0.29) is 47.2 Å². The Morgan fingerprint density at radius 1 is 1.14 bits per heavy atom. The number of nitrogens with one attached hydrogen (secondary N) is 1. The van der Waals surface area contributed by atoms with Crippen LogP contribution in [0.2, 0.25) is 0 Å². The van der Waals surface area contributed by atoms with Crippen LogP contribution >= 0.6 is 0 Å². The van der Waals surface area contributed by atoms with Gasteiger partial charge in [-0.3, -0.25) is 14.6 Å². The standard InChI is InChI=1S/C30H49N5O6S/c1-21-11-13-35(25(18-21)26(36)9-6-14-41-16-15-40-3)29(37)24(8-5-12-33-30(31)32)20-42(38,39)27-10-4-7-23-17-22(2)19-34-28(23)27/h4,7,10,21-22,24-25,34H,5-6,8-9,11-20H2,1-3H3,(H4,31,32,33). The maximum atomic E-state index is 14.1. The molecule has 0 radical (unpaired) electrons. The molecule has 1 saturated heterocycles. The van der Waals surface area contributed by atoms with Crippen molar-refractivity contribution < 1.29 is 27.5 Å². The number of ether oxygens (including phenoxy) is 2. The molecule has 4 atom stereocenters. The molecule has 2 aliphatic heterocycles. The second-order valence-corrected chi connectivity index (χ2v) is 13.8. The van der Waals surface area contributed by atoms with Crippen molar-refractivity contribution in [2.24, 2.45) is 34.2 Å². The van der Waals surface area contributed by atoms with Gasteiger partial charge < -0.3 is 31.2 Å². The first-order valence-electron chi connectivity index (χ1n) is 15.1. The molecule has 4 unspecified atom stereocenters. The van der Waals surface area contributed by atoms with Crippen molar-refractivity contribution in [2.75, 3.05) is 57.6 Å². The first-order valence-corrected chi connectivity index (χ1v) is 16.7. The summed E-state index contributed by atoms with van der Waals surface area (Å²) in [5.41, 5.74) is 12.5. The Morgan fingerprint density at radius 3 is 2.67 bits per heavy atom. The van der Waals surface area contributed by atoms with Gasteiger partial charge in [0, 0.05) is 39.8 Å². The minimum Gasteiger partial charge on any atom is -0.383 e. The van der Waals surface area contributed by atoms with E-state index >= 15 is 0 Å². The molecule has 236 valence electrons. The molecule has 3 rings (SSSR count). The van der Waals surface area contributed by atoms with E-state index in [0.717, 1.165) is 18.4 Å². The smallest absolute Gasteiger partial charge is 0.227 e. The van der Waals surface area contributed by atoms with Crippen LogP contribution in [-0.2, 0) is 35.3 Å². The zero-order valence-corrected chi connectivity index (χ0v) is 26.2. The minimum absolute atomic E-state index is 0.0113. The number of amides is 1. The molecule has 1 amide bonds. The summed E-state index contributed by atoms with van der Waals surface area (Å²) in [6.07, 6.45) is 3.69. The third-order valence-corrected chi connectivity index (χ3v) is 9.93. The normalized spacial score (nSPS) is 21.2. The number of hydrogen-bond acceptors (Lipinski definition) is 8. The van der Waals surface area contributed by atoms with Gasteiger partial charge in [-0.1, -0.05) is 26.0 Å². The van der Waals surface area contributed by atoms with E-state index in [2.05, 4.69) is 24.2 Å². The fraction of sp³-hybridized carbons (Fsp3) is 0.700. The van der Waals surface area contributed by atoms with E-state index in [1.807, 2.05) is 6.07 Å². The fourth-order valence-electron chi connectivity index (χ4n) is 5.81. The van der Waals surface area contributed by atoms with Crippen LogP contribution in [0.4, 0.5) is 5.69 Å². The minimum atomic E-state index is -3.84. The van der Waals surface area contributed by atoms with Crippen molar-refractivity contribution in [1.29, 1.82) is 0 Å². The summed E-state index contributed by atoms with van der Waals surface area (Å²) in [6.45, 7) is 6.99. The number of para-hydroxylation sites is 1. The number of hydrogen-bond donors (Lipinski definition) is 3. The molecule has 0 spiro atoms. The summed E-state index contributed by atoms with van der Waals surface area (Å²) in [5.74, 6) is -0.851. The number of carbonyl (C=O) groups excluding carboxylic acids is 2. The number of anilines is 1. The van der Waals surface area contributed by atoms with Crippen LogP contribution in [0.1, 0.15) is 57.9 Å². The lowest BCUT2D eigenvalue weighted by Gasteiger charge is -2.39. The number of fused-ring (bicyclic) bond motifs is 1. The Labute approximate surface area is 250 Å². The summed E-state index contributed by atoms with van der Waals surface area (Å²) in [5, 5.41) is 3.30.